The van der Waals surface area contributed by atoms with Crippen molar-refractivity contribution in [2.45, 2.75) is 25.9 Å². The minimum Gasteiger partial charge on any atom is -0.391 e. The molecule has 16 heavy (non-hydrogen) atoms. The van der Waals surface area contributed by atoms with Gasteiger partial charge in [-0.05, 0) is 31.7 Å². The van der Waals surface area contributed by atoms with Gasteiger partial charge >= 0.3 is 0 Å². The van der Waals surface area contributed by atoms with Crippen LogP contribution in [0.1, 0.15) is 19.8 Å². The van der Waals surface area contributed by atoms with Crippen LogP contribution in [0.4, 0.5) is 11.4 Å². The van der Waals surface area contributed by atoms with Crippen LogP contribution in [0.2, 0.25) is 0 Å². The summed E-state index contributed by atoms with van der Waals surface area (Å²) in [5.41, 5.74) is 1.96. The highest BCUT2D eigenvalue weighted by molar-refractivity contribution is 5.53. The Kier molecular flexibility index (Phi) is 3.62. The molecule has 1 aliphatic rings. The van der Waals surface area contributed by atoms with Gasteiger partial charge in [-0.2, -0.15) is 0 Å². The summed E-state index contributed by atoms with van der Waals surface area (Å²) in [6.45, 7) is 3.55. The zero-order valence-electron chi connectivity index (χ0n) is 9.61. The summed E-state index contributed by atoms with van der Waals surface area (Å²) < 4.78 is 0. The van der Waals surface area contributed by atoms with Crippen molar-refractivity contribution in [3.63, 3.8) is 0 Å². The lowest BCUT2D eigenvalue weighted by Crippen LogP contribution is -2.21. The molecule has 1 fully saturated rings. The molecule has 2 rings (SSSR count). The third-order valence-electron chi connectivity index (χ3n) is 2.80. The van der Waals surface area contributed by atoms with Crippen LogP contribution in [0.15, 0.2) is 18.5 Å². The molecule has 1 aliphatic carbocycles. The Bertz CT molecular complexity index is 339. The Morgan fingerprint density at radius 3 is 2.69 bits per heavy atom. The van der Waals surface area contributed by atoms with Crippen molar-refractivity contribution < 1.29 is 5.11 Å². The summed E-state index contributed by atoms with van der Waals surface area (Å²) in [6.07, 6.45) is 5.69. The number of aliphatic hydroxyl groups is 1. The third-order valence-corrected chi connectivity index (χ3v) is 2.80. The van der Waals surface area contributed by atoms with E-state index in [9.17, 15) is 5.11 Å². The molecule has 1 aromatic heterocycles. The van der Waals surface area contributed by atoms with Gasteiger partial charge in [-0.1, -0.05) is 0 Å². The molecule has 0 amide bonds. The molecule has 3 N–H and O–H groups in total. The number of hydrogen-bond acceptors (Lipinski definition) is 4. The molecular weight excluding hydrogens is 202 g/mol. The molecule has 88 valence electrons. The lowest BCUT2D eigenvalue weighted by Gasteiger charge is -2.12. The van der Waals surface area contributed by atoms with Gasteiger partial charge in [0.25, 0.3) is 0 Å². The van der Waals surface area contributed by atoms with Crippen LogP contribution in [-0.2, 0) is 0 Å². The number of aromatic nitrogens is 1. The monoisotopic (exact) mass is 221 g/mol. The number of nitrogens with one attached hydrogen (secondary N) is 2. The largest absolute Gasteiger partial charge is 0.391 e. The average molecular weight is 221 g/mol. The molecule has 1 saturated carbocycles. The van der Waals surface area contributed by atoms with E-state index in [2.05, 4.69) is 22.5 Å². The van der Waals surface area contributed by atoms with Crippen LogP contribution in [0.3, 0.4) is 0 Å². The first kappa shape index (κ1) is 11.2. The fourth-order valence-corrected chi connectivity index (χ4v) is 1.71. The summed E-state index contributed by atoms with van der Waals surface area (Å²) in [5, 5.41) is 16.1. The molecule has 0 bridgehead atoms. The zero-order chi connectivity index (χ0) is 11.4. The van der Waals surface area contributed by atoms with Gasteiger partial charge in [-0.15, -0.1) is 0 Å². The topological polar surface area (TPSA) is 57.2 Å². The number of aliphatic hydroxyl groups excluding tert-OH is 1. The van der Waals surface area contributed by atoms with Crippen molar-refractivity contribution in [2.24, 2.45) is 5.92 Å². The summed E-state index contributed by atoms with van der Waals surface area (Å²) in [4.78, 5) is 4.14. The normalized spacial score (nSPS) is 16.9. The van der Waals surface area contributed by atoms with Crippen molar-refractivity contribution >= 4 is 11.4 Å². The van der Waals surface area contributed by atoms with Gasteiger partial charge in [0.1, 0.15) is 0 Å². The first-order valence-electron chi connectivity index (χ1n) is 5.90. The minimum atomic E-state index is -0.220. The van der Waals surface area contributed by atoms with Gasteiger partial charge in [0.05, 0.1) is 29.9 Å². The molecule has 1 heterocycles. The SMILES string of the molecule is CCNc1cncc(NCC(O)C2CC2)c1. The smallest absolute Gasteiger partial charge is 0.0740 e. The molecule has 1 aromatic rings. The van der Waals surface area contributed by atoms with Crippen molar-refractivity contribution in [3.05, 3.63) is 18.5 Å². The molecule has 0 aromatic carbocycles. The van der Waals surface area contributed by atoms with Crippen molar-refractivity contribution in [3.8, 4) is 0 Å². The van der Waals surface area contributed by atoms with E-state index in [-0.39, 0.29) is 6.10 Å². The molecular formula is C12H19N3O. The molecule has 0 aliphatic heterocycles. The van der Waals surface area contributed by atoms with Gasteiger partial charge in [0, 0.05) is 13.1 Å². The maximum absolute atomic E-state index is 9.72. The molecule has 1 unspecified atom stereocenters. The molecule has 0 spiro atoms. The van der Waals surface area contributed by atoms with E-state index >= 15 is 0 Å². The van der Waals surface area contributed by atoms with Crippen LogP contribution in [-0.4, -0.2) is 29.3 Å². The molecule has 1 atom stereocenters. The fraction of sp³-hybridized carbons (Fsp3) is 0.583. The standard InChI is InChI=1S/C12H19N3O/c1-2-14-10-5-11(7-13-6-10)15-8-12(16)9-3-4-9/h5-7,9,12,14-16H,2-4,8H2,1H3. The minimum absolute atomic E-state index is 0.220. The van der Waals surface area contributed by atoms with E-state index in [1.165, 1.54) is 12.8 Å². The average Bonchev–Trinajstić information content (AvgIpc) is 3.11. The molecule has 0 radical (unpaired) electrons. The maximum Gasteiger partial charge on any atom is 0.0740 e. The van der Waals surface area contributed by atoms with Crippen molar-refractivity contribution in [1.29, 1.82) is 0 Å². The molecule has 4 heteroatoms. The Hall–Kier alpha value is -1.29. The number of pyridine rings is 1. The highest BCUT2D eigenvalue weighted by Crippen LogP contribution is 2.32. The van der Waals surface area contributed by atoms with Crippen LogP contribution >= 0.6 is 0 Å². The van der Waals surface area contributed by atoms with E-state index in [1.807, 2.05) is 6.07 Å². The molecule has 0 saturated heterocycles. The van der Waals surface area contributed by atoms with E-state index in [4.69, 9.17) is 0 Å². The van der Waals surface area contributed by atoms with Crippen molar-refractivity contribution in [1.82, 2.24) is 4.98 Å². The summed E-state index contributed by atoms with van der Waals surface area (Å²) in [6, 6.07) is 2.01. The first-order chi connectivity index (χ1) is 7.79. The lowest BCUT2D eigenvalue weighted by atomic mass is 10.2. The highest BCUT2D eigenvalue weighted by Gasteiger charge is 2.29. The second kappa shape index (κ2) is 5.16. The maximum atomic E-state index is 9.72. The molecule has 4 nitrogen and oxygen atoms in total. The summed E-state index contributed by atoms with van der Waals surface area (Å²) >= 11 is 0. The number of hydrogen-bond donors (Lipinski definition) is 3. The van der Waals surface area contributed by atoms with E-state index < -0.39 is 0 Å². The summed E-state index contributed by atoms with van der Waals surface area (Å²) in [5.74, 6) is 0.511. The number of rotatable bonds is 6. The van der Waals surface area contributed by atoms with Crippen LogP contribution < -0.4 is 10.6 Å². The lowest BCUT2D eigenvalue weighted by molar-refractivity contribution is 0.164. The Labute approximate surface area is 96.1 Å². The van der Waals surface area contributed by atoms with Crippen LogP contribution in [0, 0.1) is 5.92 Å². The zero-order valence-corrected chi connectivity index (χ0v) is 9.61. The Balaban J connectivity index is 1.85. The second-order valence-electron chi connectivity index (χ2n) is 4.28. The predicted molar refractivity (Wildman–Crippen MR) is 65.6 cm³/mol. The first-order valence-corrected chi connectivity index (χ1v) is 5.90. The quantitative estimate of drug-likeness (QED) is 0.684. The van der Waals surface area contributed by atoms with Crippen molar-refractivity contribution in [2.75, 3.05) is 23.7 Å². The number of anilines is 2. The third kappa shape index (κ3) is 3.10. The van der Waals surface area contributed by atoms with Gasteiger partial charge in [-0.3, -0.25) is 4.98 Å². The van der Waals surface area contributed by atoms with E-state index in [1.54, 1.807) is 12.4 Å². The van der Waals surface area contributed by atoms with Crippen LogP contribution in [0.25, 0.3) is 0 Å². The van der Waals surface area contributed by atoms with Gasteiger partial charge in [0.15, 0.2) is 0 Å². The van der Waals surface area contributed by atoms with Gasteiger partial charge in [-0.25, -0.2) is 0 Å². The van der Waals surface area contributed by atoms with Crippen LogP contribution in [0.5, 0.6) is 0 Å². The van der Waals surface area contributed by atoms with E-state index in [0.29, 0.717) is 12.5 Å². The fourth-order valence-electron chi connectivity index (χ4n) is 1.71. The summed E-state index contributed by atoms with van der Waals surface area (Å²) in [7, 11) is 0. The van der Waals surface area contributed by atoms with E-state index in [0.717, 1.165) is 17.9 Å². The highest BCUT2D eigenvalue weighted by atomic mass is 16.3. The van der Waals surface area contributed by atoms with Gasteiger partial charge in [0.2, 0.25) is 0 Å². The Morgan fingerprint density at radius 1 is 1.38 bits per heavy atom. The Morgan fingerprint density at radius 2 is 2.06 bits per heavy atom. The number of nitrogens with zero attached hydrogens (tertiary/aromatic N) is 1. The second-order valence-corrected chi connectivity index (χ2v) is 4.28. The van der Waals surface area contributed by atoms with Gasteiger partial charge < -0.3 is 15.7 Å². The predicted octanol–water partition coefficient (Wildman–Crippen LogP) is 1.70.